The van der Waals surface area contributed by atoms with Gasteiger partial charge in [-0.25, -0.2) is 0 Å². The Kier molecular flexibility index (Phi) is 7.82. The number of nitrogens with one attached hydrogen (secondary N) is 2. The Morgan fingerprint density at radius 3 is 2.46 bits per heavy atom. The fraction of sp³-hybridized carbons (Fsp3) is 0.211. The van der Waals surface area contributed by atoms with Crippen LogP contribution < -0.4 is 15.4 Å². The second-order valence-electron chi connectivity index (χ2n) is 5.64. The van der Waals surface area contributed by atoms with Gasteiger partial charge >= 0.3 is 5.97 Å². The molecule has 0 saturated heterocycles. The molecule has 2 rings (SSSR count). The number of hydrogen-bond acceptors (Lipinski definition) is 5. The summed E-state index contributed by atoms with van der Waals surface area (Å²) in [4.78, 5) is 35.4. The summed E-state index contributed by atoms with van der Waals surface area (Å²) in [5.41, 5.74) is 0.662. The molecule has 1 heterocycles. The van der Waals surface area contributed by atoms with Gasteiger partial charge in [0.1, 0.15) is 11.4 Å². The highest BCUT2D eigenvalue weighted by atomic mass is 79.9. The van der Waals surface area contributed by atoms with Crippen molar-refractivity contribution in [3.05, 3.63) is 58.1 Å². The lowest BCUT2D eigenvalue weighted by atomic mass is 10.1. The minimum absolute atomic E-state index is 0.00184. The topological polar surface area (TPSA) is 118 Å². The molecule has 148 valence electrons. The number of amides is 2. The molecule has 0 saturated carbocycles. The van der Waals surface area contributed by atoms with Gasteiger partial charge < -0.3 is 24.9 Å². The van der Waals surface area contributed by atoms with E-state index < -0.39 is 17.8 Å². The molecule has 28 heavy (non-hydrogen) atoms. The average Bonchev–Trinajstić information content (AvgIpc) is 3.11. The first-order valence-corrected chi connectivity index (χ1v) is 9.11. The highest BCUT2D eigenvalue weighted by Crippen LogP contribution is 2.16. The Hall–Kier alpha value is -3.07. The van der Waals surface area contributed by atoms with Crippen LogP contribution in [0.15, 0.2) is 51.2 Å². The molecule has 0 aliphatic heterocycles. The average molecular weight is 451 g/mol. The van der Waals surface area contributed by atoms with Gasteiger partial charge in [-0.05, 0) is 58.3 Å². The van der Waals surface area contributed by atoms with Crippen molar-refractivity contribution >= 4 is 39.8 Å². The molecule has 0 bridgehead atoms. The van der Waals surface area contributed by atoms with Crippen LogP contribution in [0.4, 0.5) is 0 Å². The molecular formula is C19H19BrN2O6. The number of halogens is 1. The van der Waals surface area contributed by atoms with Gasteiger partial charge in [-0.2, -0.15) is 0 Å². The second kappa shape index (κ2) is 10.3. The number of rotatable bonds is 9. The summed E-state index contributed by atoms with van der Waals surface area (Å²) in [5.74, 6) is -1.39. The lowest BCUT2D eigenvalue weighted by Crippen LogP contribution is -2.35. The third kappa shape index (κ3) is 6.58. The smallest absolute Gasteiger partial charge is 0.303 e. The van der Waals surface area contributed by atoms with Gasteiger partial charge in [0.15, 0.2) is 10.4 Å². The number of methoxy groups -OCH3 is 1. The van der Waals surface area contributed by atoms with Gasteiger partial charge in [0, 0.05) is 13.0 Å². The molecule has 1 aromatic heterocycles. The maximum absolute atomic E-state index is 12.5. The number of carboxylic acids is 1. The van der Waals surface area contributed by atoms with Gasteiger partial charge in [-0.3, -0.25) is 14.4 Å². The lowest BCUT2D eigenvalue weighted by molar-refractivity contribution is -0.137. The summed E-state index contributed by atoms with van der Waals surface area (Å²) in [6, 6.07) is 9.93. The molecule has 3 N–H and O–H groups in total. The standard InChI is InChI=1S/C19H19BrN2O6/c1-27-13-6-4-12(5-7-13)11-14(18(25)21-10-2-3-17(23)24)22-19(26)15-8-9-16(20)28-15/h4-9,11H,2-3,10H2,1H3,(H,21,25)(H,22,26)(H,23,24)/b14-11+. The Labute approximate surface area is 169 Å². The van der Waals surface area contributed by atoms with E-state index in [4.69, 9.17) is 14.3 Å². The molecule has 2 amide bonds. The summed E-state index contributed by atoms with van der Waals surface area (Å²) in [6.45, 7) is 0.160. The van der Waals surface area contributed by atoms with Gasteiger partial charge in [0.25, 0.3) is 11.8 Å². The SMILES string of the molecule is COc1ccc(/C=C(/NC(=O)c2ccc(Br)o2)C(=O)NCCCC(=O)O)cc1. The van der Waals surface area contributed by atoms with Crippen molar-refractivity contribution in [2.75, 3.05) is 13.7 Å². The number of benzene rings is 1. The van der Waals surface area contributed by atoms with Crippen LogP contribution in [0.5, 0.6) is 5.75 Å². The molecule has 0 radical (unpaired) electrons. The predicted molar refractivity (Wildman–Crippen MR) is 105 cm³/mol. The number of hydrogen-bond donors (Lipinski definition) is 3. The Morgan fingerprint density at radius 2 is 1.89 bits per heavy atom. The van der Waals surface area contributed by atoms with E-state index in [1.165, 1.54) is 12.1 Å². The number of ether oxygens (including phenoxy) is 1. The molecule has 0 atom stereocenters. The zero-order chi connectivity index (χ0) is 20.5. The van der Waals surface area contributed by atoms with Gasteiger partial charge in [-0.1, -0.05) is 12.1 Å². The van der Waals surface area contributed by atoms with E-state index >= 15 is 0 Å². The lowest BCUT2D eigenvalue weighted by Gasteiger charge is -2.10. The van der Waals surface area contributed by atoms with Crippen LogP contribution in [0.25, 0.3) is 6.08 Å². The van der Waals surface area contributed by atoms with E-state index in [1.54, 1.807) is 37.4 Å². The fourth-order valence-corrected chi connectivity index (χ4v) is 2.49. The molecule has 0 fully saturated rings. The number of carbonyl (C=O) groups is 3. The predicted octanol–water partition coefficient (Wildman–Crippen LogP) is 2.80. The van der Waals surface area contributed by atoms with E-state index in [9.17, 15) is 14.4 Å². The van der Waals surface area contributed by atoms with E-state index in [-0.39, 0.29) is 30.8 Å². The molecular weight excluding hydrogens is 432 g/mol. The van der Waals surface area contributed by atoms with E-state index in [2.05, 4.69) is 26.6 Å². The minimum Gasteiger partial charge on any atom is -0.497 e. The van der Waals surface area contributed by atoms with Crippen LogP contribution in [0.2, 0.25) is 0 Å². The van der Waals surface area contributed by atoms with Gasteiger partial charge in [0.2, 0.25) is 0 Å². The van der Waals surface area contributed by atoms with Crippen molar-refractivity contribution in [3.63, 3.8) is 0 Å². The van der Waals surface area contributed by atoms with Gasteiger partial charge in [-0.15, -0.1) is 0 Å². The quantitative estimate of drug-likeness (QED) is 0.399. The fourth-order valence-electron chi connectivity index (χ4n) is 2.18. The summed E-state index contributed by atoms with van der Waals surface area (Å²) < 4.78 is 10.7. The van der Waals surface area contributed by atoms with Crippen LogP contribution in [0.1, 0.15) is 29.0 Å². The van der Waals surface area contributed by atoms with Crippen molar-refractivity contribution < 1.29 is 28.6 Å². The first kappa shape index (κ1) is 21.2. The number of carbonyl (C=O) groups excluding carboxylic acids is 2. The minimum atomic E-state index is -0.944. The Bertz CT molecular complexity index is 873. The number of furan rings is 1. The van der Waals surface area contributed by atoms with Crippen molar-refractivity contribution in [2.24, 2.45) is 0 Å². The third-order valence-electron chi connectivity index (χ3n) is 3.57. The Balaban J connectivity index is 2.15. The molecule has 0 spiro atoms. The third-order valence-corrected chi connectivity index (χ3v) is 4.00. The van der Waals surface area contributed by atoms with Crippen LogP contribution in [0, 0.1) is 0 Å². The van der Waals surface area contributed by atoms with Crippen molar-refractivity contribution in [2.45, 2.75) is 12.8 Å². The van der Waals surface area contributed by atoms with Crippen LogP contribution in [-0.2, 0) is 9.59 Å². The first-order chi connectivity index (χ1) is 13.4. The number of carboxylic acid groups (broad SMARTS) is 1. The summed E-state index contributed by atoms with van der Waals surface area (Å²) in [7, 11) is 1.54. The van der Waals surface area contributed by atoms with E-state index in [0.717, 1.165) is 0 Å². The van der Waals surface area contributed by atoms with E-state index in [1.807, 2.05) is 0 Å². The molecule has 9 heteroatoms. The maximum Gasteiger partial charge on any atom is 0.303 e. The summed E-state index contributed by atoms with van der Waals surface area (Å²) in [5, 5.41) is 13.8. The highest BCUT2D eigenvalue weighted by molar-refractivity contribution is 9.10. The van der Waals surface area contributed by atoms with Crippen molar-refractivity contribution in [3.8, 4) is 5.75 Å². The zero-order valence-corrected chi connectivity index (χ0v) is 16.6. The normalized spacial score (nSPS) is 11.0. The molecule has 0 unspecified atom stereocenters. The highest BCUT2D eigenvalue weighted by Gasteiger charge is 2.17. The van der Waals surface area contributed by atoms with Crippen molar-refractivity contribution in [1.82, 2.24) is 10.6 Å². The molecule has 1 aromatic carbocycles. The monoisotopic (exact) mass is 450 g/mol. The molecule has 8 nitrogen and oxygen atoms in total. The first-order valence-electron chi connectivity index (χ1n) is 8.31. The summed E-state index contributed by atoms with van der Waals surface area (Å²) >= 11 is 3.12. The molecule has 0 aliphatic rings. The summed E-state index contributed by atoms with van der Waals surface area (Å²) in [6.07, 6.45) is 1.71. The molecule has 2 aromatic rings. The largest absolute Gasteiger partial charge is 0.497 e. The van der Waals surface area contributed by atoms with Crippen LogP contribution in [-0.4, -0.2) is 36.5 Å². The second-order valence-corrected chi connectivity index (χ2v) is 6.42. The number of aliphatic carboxylic acids is 1. The van der Waals surface area contributed by atoms with E-state index in [0.29, 0.717) is 16.0 Å². The Morgan fingerprint density at radius 1 is 1.18 bits per heavy atom. The van der Waals surface area contributed by atoms with Crippen LogP contribution >= 0.6 is 15.9 Å². The van der Waals surface area contributed by atoms with Crippen LogP contribution in [0.3, 0.4) is 0 Å². The zero-order valence-electron chi connectivity index (χ0n) is 15.0. The van der Waals surface area contributed by atoms with Gasteiger partial charge in [0.05, 0.1) is 7.11 Å². The maximum atomic E-state index is 12.5. The molecule has 0 aliphatic carbocycles. The van der Waals surface area contributed by atoms with Crippen molar-refractivity contribution in [1.29, 1.82) is 0 Å².